The van der Waals surface area contributed by atoms with Gasteiger partial charge in [-0.3, -0.25) is 4.57 Å². The lowest BCUT2D eigenvalue weighted by Gasteiger charge is -2.55. The second kappa shape index (κ2) is 7.94. The van der Waals surface area contributed by atoms with E-state index in [1.54, 1.807) is 20.8 Å². The summed E-state index contributed by atoms with van der Waals surface area (Å²) < 4.78 is 31.5. The van der Waals surface area contributed by atoms with Crippen LogP contribution in [0.25, 0.3) is 0 Å². The van der Waals surface area contributed by atoms with Crippen molar-refractivity contribution in [2.75, 3.05) is 13.2 Å². The fourth-order valence-electron chi connectivity index (χ4n) is 3.45. The van der Waals surface area contributed by atoms with E-state index >= 15 is 0 Å². The molecular formula is C18H40NO5PSi. The summed E-state index contributed by atoms with van der Waals surface area (Å²) in [6, 6.07) is 0. The minimum atomic E-state index is -3.57. The van der Waals surface area contributed by atoms with Gasteiger partial charge in [0.15, 0.2) is 8.32 Å². The first-order valence-electron chi connectivity index (χ1n) is 9.62. The molecule has 1 aliphatic heterocycles. The third-order valence-corrected chi connectivity index (χ3v) is 13.1. The quantitative estimate of drug-likeness (QED) is 0.434. The van der Waals surface area contributed by atoms with Crippen LogP contribution in [-0.2, 0) is 18.0 Å². The van der Waals surface area contributed by atoms with Crippen LogP contribution >= 0.6 is 7.60 Å². The summed E-state index contributed by atoms with van der Waals surface area (Å²) in [6.07, 6.45) is 0.939. The van der Waals surface area contributed by atoms with Gasteiger partial charge < -0.3 is 18.7 Å². The summed E-state index contributed by atoms with van der Waals surface area (Å²) >= 11 is 0. The summed E-state index contributed by atoms with van der Waals surface area (Å²) in [7, 11) is -5.58. The summed E-state index contributed by atoms with van der Waals surface area (Å²) in [5.74, 6) is 0. The molecule has 0 aromatic rings. The molecule has 1 saturated heterocycles. The van der Waals surface area contributed by atoms with E-state index < -0.39 is 26.7 Å². The molecule has 0 spiro atoms. The van der Waals surface area contributed by atoms with Crippen molar-refractivity contribution >= 4 is 15.9 Å². The van der Waals surface area contributed by atoms with Gasteiger partial charge in [-0.05, 0) is 59.2 Å². The van der Waals surface area contributed by atoms with Crippen LogP contribution in [0.2, 0.25) is 18.1 Å². The van der Waals surface area contributed by atoms with Crippen molar-refractivity contribution in [2.24, 2.45) is 0 Å². The van der Waals surface area contributed by atoms with E-state index in [4.69, 9.17) is 13.5 Å². The van der Waals surface area contributed by atoms with Gasteiger partial charge in [0.1, 0.15) is 5.28 Å². The summed E-state index contributed by atoms with van der Waals surface area (Å²) in [5.41, 5.74) is -0.607. The molecule has 1 aliphatic rings. The Morgan fingerprint density at radius 1 is 1.12 bits per heavy atom. The van der Waals surface area contributed by atoms with Crippen LogP contribution < -0.4 is 0 Å². The molecular weight excluding hydrogens is 369 g/mol. The van der Waals surface area contributed by atoms with Gasteiger partial charge in [-0.15, -0.1) is 0 Å². The van der Waals surface area contributed by atoms with Crippen molar-refractivity contribution in [1.29, 1.82) is 0 Å². The highest BCUT2D eigenvalue weighted by molar-refractivity contribution is 7.55. The van der Waals surface area contributed by atoms with Crippen LogP contribution in [0, 0.1) is 0 Å². The standard InChI is InChI=1S/C18H40NO5PSi/c1-11-22-25(21,23-12-2)18(8)14-15(13-17(6,7)19(18)20)24-26(9,10)16(3,4)5/h15,20H,11-14H2,1-10H3. The molecule has 1 fully saturated rings. The molecule has 1 N–H and O–H groups in total. The van der Waals surface area contributed by atoms with Gasteiger partial charge in [0.2, 0.25) is 0 Å². The number of piperidine rings is 1. The molecule has 26 heavy (non-hydrogen) atoms. The van der Waals surface area contributed by atoms with Crippen molar-refractivity contribution in [2.45, 2.75) is 103 Å². The molecule has 2 unspecified atom stereocenters. The first-order valence-corrected chi connectivity index (χ1v) is 14.1. The van der Waals surface area contributed by atoms with Crippen molar-refractivity contribution in [3.63, 3.8) is 0 Å². The molecule has 1 heterocycles. The Labute approximate surface area is 161 Å². The third-order valence-electron chi connectivity index (χ3n) is 5.83. The lowest BCUT2D eigenvalue weighted by Crippen LogP contribution is -2.63. The maximum Gasteiger partial charge on any atom is 0.352 e. The van der Waals surface area contributed by atoms with Gasteiger partial charge in [-0.2, -0.15) is 5.06 Å². The molecule has 0 saturated carbocycles. The van der Waals surface area contributed by atoms with Crippen molar-refractivity contribution < 1.29 is 23.2 Å². The Morgan fingerprint density at radius 3 is 1.96 bits per heavy atom. The van der Waals surface area contributed by atoms with Crippen LogP contribution in [-0.4, -0.2) is 48.7 Å². The highest BCUT2D eigenvalue weighted by atomic mass is 31.2. The smallest absolute Gasteiger partial charge is 0.352 e. The minimum Gasteiger partial charge on any atom is -0.414 e. The molecule has 0 bridgehead atoms. The van der Waals surface area contributed by atoms with Crippen LogP contribution in [0.5, 0.6) is 0 Å². The zero-order valence-electron chi connectivity index (χ0n) is 18.4. The zero-order valence-corrected chi connectivity index (χ0v) is 20.3. The maximum atomic E-state index is 13.6. The molecule has 0 aliphatic carbocycles. The second-order valence-corrected chi connectivity index (χ2v) is 16.8. The molecule has 0 aromatic carbocycles. The fourth-order valence-corrected chi connectivity index (χ4v) is 7.04. The highest BCUT2D eigenvalue weighted by Crippen LogP contribution is 2.65. The van der Waals surface area contributed by atoms with E-state index in [9.17, 15) is 9.77 Å². The molecule has 156 valence electrons. The second-order valence-electron chi connectivity index (χ2n) is 9.58. The average Bonchev–Trinajstić information content (AvgIpc) is 2.43. The summed E-state index contributed by atoms with van der Waals surface area (Å²) in [5, 5.41) is 11.1. The van der Waals surface area contributed by atoms with Crippen LogP contribution in [0.15, 0.2) is 0 Å². The molecule has 6 nitrogen and oxygen atoms in total. The van der Waals surface area contributed by atoms with Crippen LogP contribution in [0.1, 0.15) is 68.2 Å². The Hall–Kier alpha value is 0.247. The molecule has 0 amide bonds. The molecule has 0 radical (unpaired) electrons. The van der Waals surface area contributed by atoms with Gasteiger partial charge >= 0.3 is 7.60 Å². The van der Waals surface area contributed by atoms with Gasteiger partial charge in [0.25, 0.3) is 0 Å². The first kappa shape index (κ1) is 24.3. The lowest BCUT2D eigenvalue weighted by molar-refractivity contribution is -0.241. The Bertz CT molecular complexity index is 524. The highest BCUT2D eigenvalue weighted by Gasteiger charge is 2.60. The predicted molar refractivity (Wildman–Crippen MR) is 108 cm³/mol. The van der Waals surface area contributed by atoms with E-state index in [1.165, 1.54) is 5.06 Å². The normalized spacial score (nSPS) is 28.3. The van der Waals surface area contributed by atoms with Gasteiger partial charge in [0, 0.05) is 18.1 Å². The monoisotopic (exact) mass is 409 g/mol. The lowest BCUT2D eigenvalue weighted by atomic mass is 9.86. The molecule has 8 heteroatoms. The van der Waals surface area contributed by atoms with E-state index in [0.29, 0.717) is 12.8 Å². The van der Waals surface area contributed by atoms with E-state index in [-0.39, 0.29) is 24.4 Å². The van der Waals surface area contributed by atoms with Gasteiger partial charge in [-0.25, -0.2) is 0 Å². The van der Waals surface area contributed by atoms with E-state index in [0.717, 1.165) is 0 Å². The van der Waals surface area contributed by atoms with Crippen LogP contribution in [0.3, 0.4) is 0 Å². The van der Waals surface area contributed by atoms with Crippen molar-refractivity contribution in [3.05, 3.63) is 0 Å². The van der Waals surface area contributed by atoms with Gasteiger partial charge in [0.05, 0.1) is 13.2 Å². The summed E-state index contributed by atoms with van der Waals surface area (Å²) in [6.45, 7) is 20.8. The van der Waals surface area contributed by atoms with Crippen LogP contribution in [0.4, 0.5) is 0 Å². The third kappa shape index (κ3) is 4.62. The Balaban J connectivity index is 3.29. The number of hydroxylamine groups is 2. The molecule has 0 aromatic heterocycles. The fraction of sp³-hybridized carbons (Fsp3) is 1.00. The van der Waals surface area contributed by atoms with E-state index in [1.807, 2.05) is 13.8 Å². The number of hydrogen-bond donors (Lipinski definition) is 1. The Kier molecular flexibility index (Phi) is 7.41. The van der Waals surface area contributed by atoms with Crippen molar-refractivity contribution in [3.8, 4) is 0 Å². The SMILES string of the molecule is CCOP(=O)(OCC)C1(C)CC(O[Si](C)(C)C(C)(C)C)CC(C)(C)N1O. The van der Waals surface area contributed by atoms with Crippen molar-refractivity contribution in [1.82, 2.24) is 5.06 Å². The van der Waals surface area contributed by atoms with E-state index in [2.05, 4.69) is 33.9 Å². The Morgan fingerprint density at radius 2 is 1.58 bits per heavy atom. The average molecular weight is 410 g/mol. The largest absolute Gasteiger partial charge is 0.414 e. The first-order chi connectivity index (χ1) is 11.6. The number of nitrogens with zero attached hydrogens (tertiary/aromatic N) is 1. The zero-order chi connectivity index (χ0) is 20.6. The topological polar surface area (TPSA) is 68.2 Å². The predicted octanol–water partition coefficient (Wildman–Crippen LogP) is 5.62. The maximum absolute atomic E-state index is 13.6. The van der Waals surface area contributed by atoms with Gasteiger partial charge in [-0.1, -0.05) is 20.8 Å². The molecule has 2 atom stereocenters. The molecule has 1 rings (SSSR count). The summed E-state index contributed by atoms with van der Waals surface area (Å²) in [4.78, 5) is 0. The minimum absolute atomic E-state index is 0.0768. The number of hydrogen-bond acceptors (Lipinski definition) is 6. The number of rotatable bonds is 7.